The first kappa shape index (κ1) is 18.3. The number of carbonyl (C=O) groups is 1. The molecule has 3 aromatic rings. The first-order chi connectivity index (χ1) is 14.1. The molecule has 4 rings (SSSR count). The van der Waals surface area contributed by atoms with Crippen LogP contribution < -0.4 is 20.7 Å². The van der Waals surface area contributed by atoms with E-state index in [-0.39, 0.29) is 11.7 Å². The molecule has 8 nitrogen and oxygen atoms in total. The molecule has 0 spiro atoms. The third-order valence-corrected chi connectivity index (χ3v) is 4.51. The van der Waals surface area contributed by atoms with Gasteiger partial charge in [-0.1, -0.05) is 6.07 Å². The van der Waals surface area contributed by atoms with Crippen LogP contribution >= 0.6 is 0 Å². The average Bonchev–Trinajstić information content (AvgIpc) is 3.23. The smallest absolute Gasteiger partial charge is 0.291 e. The van der Waals surface area contributed by atoms with E-state index in [9.17, 15) is 4.79 Å². The molecule has 8 heteroatoms. The molecule has 1 atom stereocenters. The molecule has 1 unspecified atom stereocenters. The fourth-order valence-corrected chi connectivity index (χ4v) is 3.09. The highest BCUT2D eigenvalue weighted by molar-refractivity contribution is 6.47. The van der Waals surface area contributed by atoms with Gasteiger partial charge in [0.25, 0.3) is 5.91 Å². The van der Waals surface area contributed by atoms with Crippen molar-refractivity contribution in [3.8, 4) is 11.8 Å². The van der Waals surface area contributed by atoms with E-state index >= 15 is 0 Å². The van der Waals surface area contributed by atoms with Gasteiger partial charge in [0.1, 0.15) is 11.9 Å². The lowest BCUT2D eigenvalue weighted by molar-refractivity contribution is -0.110. The van der Waals surface area contributed by atoms with Crippen molar-refractivity contribution in [1.29, 1.82) is 5.26 Å². The first-order valence-electron chi connectivity index (χ1n) is 8.77. The molecule has 144 valence electrons. The number of rotatable bonds is 4. The van der Waals surface area contributed by atoms with Crippen LogP contribution in [0.25, 0.3) is 0 Å². The number of anilines is 2. The Morgan fingerprint density at radius 1 is 1.28 bits per heavy atom. The average molecular weight is 387 g/mol. The van der Waals surface area contributed by atoms with E-state index in [2.05, 4.69) is 10.3 Å². The van der Waals surface area contributed by atoms with Gasteiger partial charge >= 0.3 is 0 Å². The number of nitrogens with one attached hydrogen (secondary N) is 1. The van der Waals surface area contributed by atoms with Gasteiger partial charge in [-0.25, -0.2) is 0 Å². The van der Waals surface area contributed by atoms with Gasteiger partial charge in [0.05, 0.1) is 30.6 Å². The molecule has 0 bridgehead atoms. The molecule has 0 saturated heterocycles. The monoisotopic (exact) mass is 387 g/mol. The summed E-state index contributed by atoms with van der Waals surface area (Å²) in [4.78, 5) is 19.1. The highest BCUT2D eigenvalue weighted by atomic mass is 16.5. The number of aliphatic imine (C=N–C) groups is 1. The number of nitrogens with two attached hydrogens (primary N) is 1. The largest absolute Gasteiger partial charge is 0.497 e. The summed E-state index contributed by atoms with van der Waals surface area (Å²) in [5, 5.41) is 11.8. The standard InChI is InChI=1S/C21H17N5O3/c1-28-16-7-5-15(6-8-16)26-18(23)17-9-10-29-21(17)25-19(26)20(27)24-14-4-2-3-13(11-14)12-22/h2-11,18H,23H2,1H3,(H,24,27). The zero-order valence-corrected chi connectivity index (χ0v) is 15.5. The Balaban J connectivity index is 1.72. The van der Waals surface area contributed by atoms with Gasteiger partial charge in [-0.2, -0.15) is 10.3 Å². The van der Waals surface area contributed by atoms with E-state index in [1.165, 1.54) is 6.26 Å². The van der Waals surface area contributed by atoms with Crippen LogP contribution in [-0.4, -0.2) is 18.9 Å². The Kier molecular flexibility index (Phi) is 4.73. The highest BCUT2D eigenvalue weighted by Gasteiger charge is 2.34. The van der Waals surface area contributed by atoms with E-state index < -0.39 is 12.1 Å². The molecule has 0 saturated carbocycles. The molecule has 1 aliphatic heterocycles. The van der Waals surface area contributed by atoms with E-state index in [4.69, 9.17) is 20.1 Å². The summed E-state index contributed by atoms with van der Waals surface area (Å²) < 4.78 is 10.6. The van der Waals surface area contributed by atoms with Crippen molar-refractivity contribution in [2.24, 2.45) is 10.7 Å². The number of hydrogen-bond donors (Lipinski definition) is 2. The van der Waals surface area contributed by atoms with Crippen molar-refractivity contribution in [2.45, 2.75) is 6.17 Å². The van der Waals surface area contributed by atoms with Crippen LogP contribution in [0.1, 0.15) is 17.3 Å². The van der Waals surface area contributed by atoms with E-state index in [0.29, 0.717) is 28.3 Å². The zero-order valence-electron chi connectivity index (χ0n) is 15.5. The highest BCUT2D eigenvalue weighted by Crippen LogP contribution is 2.36. The topological polar surface area (TPSA) is 117 Å². The van der Waals surface area contributed by atoms with E-state index in [0.717, 1.165) is 0 Å². The number of furan rings is 1. The summed E-state index contributed by atoms with van der Waals surface area (Å²) in [6.45, 7) is 0. The SMILES string of the molecule is COc1ccc(N2C(C(=O)Nc3cccc(C#N)c3)=Nc3occc3C2N)cc1. The van der Waals surface area contributed by atoms with E-state index in [1.54, 1.807) is 66.6 Å². The minimum absolute atomic E-state index is 0.0764. The second-order valence-corrected chi connectivity index (χ2v) is 6.28. The van der Waals surface area contributed by atoms with Gasteiger partial charge < -0.3 is 25.1 Å². The molecule has 0 fully saturated rings. The summed E-state index contributed by atoms with van der Waals surface area (Å²) in [5.41, 5.74) is 8.69. The number of amidine groups is 1. The number of ether oxygens (including phenoxy) is 1. The lowest BCUT2D eigenvalue weighted by Gasteiger charge is -2.33. The number of amides is 1. The Bertz CT molecular complexity index is 1130. The quantitative estimate of drug-likeness (QED) is 0.709. The van der Waals surface area contributed by atoms with Gasteiger partial charge in [-0.05, 0) is 48.5 Å². The van der Waals surface area contributed by atoms with Crippen LogP contribution in [0.4, 0.5) is 17.3 Å². The molecule has 29 heavy (non-hydrogen) atoms. The molecular formula is C21H17N5O3. The third-order valence-electron chi connectivity index (χ3n) is 4.51. The van der Waals surface area contributed by atoms with Crippen molar-refractivity contribution < 1.29 is 13.9 Å². The van der Waals surface area contributed by atoms with Crippen LogP contribution in [0.2, 0.25) is 0 Å². The number of carbonyl (C=O) groups excluding carboxylic acids is 1. The normalized spacial score (nSPS) is 15.1. The predicted molar refractivity (Wildman–Crippen MR) is 108 cm³/mol. The molecule has 1 aromatic heterocycles. The predicted octanol–water partition coefficient (Wildman–Crippen LogP) is 3.31. The van der Waals surface area contributed by atoms with Gasteiger partial charge in [-0.3, -0.25) is 4.79 Å². The number of fused-ring (bicyclic) bond motifs is 1. The van der Waals surface area contributed by atoms with Crippen molar-refractivity contribution in [1.82, 2.24) is 0 Å². The summed E-state index contributed by atoms with van der Waals surface area (Å²) in [6, 6.07) is 17.5. The molecule has 1 aliphatic rings. The maximum atomic E-state index is 13.1. The van der Waals surface area contributed by atoms with Crippen LogP contribution in [-0.2, 0) is 4.79 Å². The third kappa shape index (κ3) is 3.42. The minimum Gasteiger partial charge on any atom is -0.497 e. The Hall–Kier alpha value is -4.09. The number of hydrogen-bond acceptors (Lipinski definition) is 7. The molecular weight excluding hydrogens is 370 g/mol. The summed E-state index contributed by atoms with van der Waals surface area (Å²) >= 11 is 0. The maximum absolute atomic E-state index is 13.1. The summed E-state index contributed by atoms with van der Waals surface area (Å²) in [6.07, 6.45) is 0.818. The van der Waals surface area contributed by atoms with Crippen molar-refractivity contribution in [3.63, 3.8) is 0 Å². The second-order valence-electron chi connectivity index (χ2n) is 6.28. The number of methoxy groups -OCH3 is 1. The molecule has 0 aliphatic carbocycles. The zero-order chi connectivity index (χ0) is 20.4. The summed E-state index contributed by atoms with van der Waals surface area (Å²) in [5.74, 6) is 0.568. The van der Waals surface area contributed by atoms with Crippen LogP contribution in [0, 0.1) is 11.3 Å². The van der Waals surface area contributed by atoms with Gasteiger partial charge in [0.15, 0.2) is 0 Å². The maximum Gasteiger partial charge on any atom is 0.291 e. The Morgan fingerprint density at radius 3 is 2.79 bits per heavy atom. The lowest BCUT2D eigenvalue weighted by Crippen LogP contribution is -2.47. The van der Waals surface area contributed by atoms with Crippen molar-refractivity contribution >= 4 is 29.0 Å². The molecule has 3 N–H and O–H groups in total. The first-order valence-corrected chi connectivity index (χ1v) is 8.77. The van der Waals surface area contributed by atoms with Crippen molar-refractivity contribution in [2.75, 3.05) is 17.3 Å². The fourth-order valence-electron chi connectivity index (χ4n) is 3.09. The Labute approximate surface area is 166 Å². The molecule has 0 radical (unpaired) electrons. The Morgan fingerprint density at radius 2 is 2.07 bits per heavy atom. The number of nitrogens with zero attached hydrogens (tertiary/aromatic N) is 3. The summed E-state index contributed by atoms with van der Waals surface area (Å²) in [7, 11) is 1.58. The molecule has 1 amide bonds. The van der Waals surface area contributed by atoms with Crippen LogP contribution in [0.5, 0.6) is 5.75 Å². The van der Waals surface area contributed by atoms with Gasteiger partial charge in [-0.15, -0.1) is 0 Å². The van der Waals surface area contributed by atoms with Crippen LogP contribution in [0.3, 0.4) is 0 Å². The van der Waals surface area contributed by atoms with Gasteiger partial charge in [0.2, 0.25) is 11.7 Å². The molecule has 2 aromatic carbocycles. The van der Waals surface area contributed by atoms with Gasteiger partial charge in [0, 0.05) is 11.4 Å². The molecule has 2 heterocycles. The fraction of sp³-hybridized carbons (Fsp3) is 0.0952. The van der Waals surface area contributed by atoms with E-state index in [1.807, 2.05) is 6.07 Å². The van der Waals surface area contributed by atoms with Crippen molar-refractivity contribution in [3.05, 3.63) is 72.0 Å². The lowest BCUT2D eigenvalue weighted by atomic mass is 10.1. The van der Waals surface area contributed by atoms with Crippen LogP contribution in [0.15, 0.2) is 70.3 Å². The minimum atomic E-state index is -0.666. The number of benzene rings is 2. The second kappa shape index (κ2) is 7.50. The number of nitriles is 1.